The van der Waals surface area contributed by atoms with Crippen LogP contribution >= 0.6 is 17.0 Å². The Balaban J connectivity index is 0.000000687. The molecule has 0 bridgehead atoms. The first-order valence-electron chi connectivity index (χ1n) is 10.2. The van der Waals surface area contributed by atoms with Gasteiger partial charge >= 0.3 is 37.9 Å². The summed E-state index contributed by atoms with van der Waals surface area (Å²) in [5.41, 5.74) is 4.14. The molecule has 0 amide bonds. The molecule has 0 aliphatic heterocycles. The van der Waals surface area contributed by atoms with E-state index in [0.717, 1.165) is 6.42 Å². The molecular formula is C27H23Cl2Zr-. The van der Waals surface area contributed by atoms with E-state index < -0.39 is 20.8 Å². The summed E-state index contributed by atoms with van der Waals surface area (Å²) < 4.78 is 0. The summed E-state index contributed by atoms with van der Waals surface area (Å²) in [4.78, 5) is 0. The van der Waals surface area contributed by atoms with Crippen LogP contribution in [0.15, 0.2) is 84.9 Å². The second kappa shape index (κ2) is 9.73. The Labute approximate surface area is 196 Å². The third kappa shape index (κ3) is 4.40. The van der Waals surface area contributed by atoms with Gasteiger partial charge in [0.2, 0.25) is 0 Å². The molecule has 5 aromatic rings. The molecule has 0 fully saturated rings. The van der Waals surface area contributed by atoms with Gasteiger partial charge in [-0.3, -0.25) is 0 Å². The van der Waals surface area contributed by atoms with Crippen LogP contribution in [0, 0.1) is 5.92 Å². The van der Waals surface area contributed by atoms with Gasteiger partial charge in [0, 0.05) is 0 Å². The summed E-state index contributed by atoms with van der Waals surface area (Å²) in [6.07, 6.45) is 1.13. The van der Waals surface area contributed by atoms with E-state index in [0.29, 0.717) is 5.92 Å². The zero-order valence-electron chi connectivity index (χ0n) is 17.1. The van der Waals surface area contributed by atoms with Gasteiger partial charge in [-0.25, -0.2) is 0 Å². The Morgan fingerprint density at radius 1 is 0.767 bits per heavy atom. The minimum absolute atomic E-state index is 0.670. The van der Waals surface area contributed by atoms with E-state index in [1.54, 1.807) is 0 Å². The van der Waals surface area contributed by atoms with Crippen molar-refractivity contribution < 1.29 is 20.8 Å². The monoisotopic (exact) mass is 507 g/mol. The predicted molar refractivity (Wildman–Crippen MR) is 130 cm³/mol. The molecule has 0 nitrogen and oxygen atoms in total. The van der Waals surface area contributed by atoms with E-state index in [1.807, 2.05) is 0 Å². The van der Waals surface area contributed by atoms with Crippen LogP contribution in [0.1, 0.15) is 19.4 Å². The van der Waals surface area contributed by atoms with E-state index in [4.69, 9.17) is 17.0 Å². The number of rotatable bonds is 3. The molecule has 0 aliphatic rings. The normalized spacial score (nSPS) is 11.1. The Morgan fingerprint density at radius 3 is 1.97 bits per heavy atom. The molecule has 0 aromatic heterocycles. The Hall–Kier alpha value is -1.53. The molecule has 30 heavy (non-hydrogen) atoms. The molecule has 0 radical (unpaired) electrons. The third-order valence-corrected chi connectivity index (χ3v) is 5.50. The van der Waals surface area contributed by atoms with Crippen molar-refractivity contribution in [2.45, 2.75) is 20.3 Å². The topological polar surface area (TPSA) is 0 Å². The van der Waals surface area contributed by atoms with Crippen LogP contribution < -0.4 is 0 Å². The summed E-state index contributed by atoms with van der Waals surface area (Å²) in [6, 6.07) is 31.3. The zero-order chi connectivity index (χ0) is 21.1. The molecular weight excluding hydrogens is 486 g/mol. The molecule has 5 aromatic carbocycles. The summed E-state index contributed by atoms with van der Waals surface area (Å²) in [5.74, 6) is 0.670. The number of fused-ring (bicyclic) bond motifs is 3. The summed E-state index contributed by atoms with van der Waals surface area (Å²) in [5, 5.41) is 7.98. The van der Waals surface area contributed by atoms with Crippen LogP contribution in [0.25, 0.3) is 43.4 Å². The number of hydrogen-bond acceptors (Lipinski definition) is 0. The zero-order valence-corrected chi connectivity index (χ0v) is 21.1. The van der Waals surface area contributed by atoms with Gasteiger partial charge in [0.25, 0.3) is 0 Å². The van der Waals surface area contributed by atoms with Gasteiger partial charge in [-0.1, -0.05) is 74.0 Å². The Kier molecular flexibility index (Phi) is 7.04. The van der Waals surface area contributed by atoms with Crippen LogP contribution in [0.4, 0.5) is 0 Å². The van der Waals surface area contributed by atoms with Crippen molar-refractivity contribution in [3.8, 4) is 11.1 Å². The van der Waals surface area contributed by atoms with Crippen molar-refractivity contribution in [2.75, 3.05) is 0 Å². The van der Waals surface area contributed by atoms with Gasteiger partial charge < -0.3 is 0 Å². The first-order chi connectivity index (χ1) is 14.6. The molecule has 0 saturated heterocycles. The van der Waals surface area contributed by atoms with Crippen molar-refractivity contribution in [2.24, 2.45) is 5.92 Å². The third-order valence-electron chi connectivity index (χ3n) is 5.50. The molecule has 0 atom stereocenters. The molecule has 150 valence electrons. The maximum absolute atomic E-state index is 4.93. The number of halogens is 2. The number of hydrogen-bond donors (Lipinski definition) is 0. The molecule has 0 saturated carbocycles. The van der Waals surface area contributed by atoms with Crippen LogP contribution in [0.5, 0.6) is 0 Å². The van der Waals surface area contributed by atoms with Crippen molar-refractivity contribution in [1.82, 2.24) is 0 Å². The van der Waals surface area contributed by atoms with E-state index in [-0.39, 0.29) is 0 Å². The second-order valence-corrected chi connectivity index (χ2v) is 11.8. The van der Waals surface area contributed by atoms with E-state index in [9.17, 15) is 0 Å². The molecule has 0 heterocycles. The fraction of sp³-hybridized carbons (Fsp3) is 0.148. The van der Waals surface area contributed by atoms with E-state index in [2.05, 4.69) is 98.8 Å². The van der Waals surface area contributed by atoms with Crippen molar-refractivity contribution in [1.29, 1.82) is 0 Å². The van der Waals surface area contributed by atoms with E-state index in [1.165, 1.54) is 49.0 Å². The Bertz CT molecular complexity index is 1250. The van der Waals surface area contributed by atoms with Gasteiger partial charge in [0.15, 0.2) is 0 Å². The van der Waals surface area contributed by atoms with Crippen LogP contribution in [0.3, 0.4) is 0 Å². The van der Waals surface area contributed by atoms with Crippen molar-refractivity contribution in [3.63, 3.8) is 0 Å². The standard InChI is InChI=1S/C27H23.2ClH.Zr/c1-18(2)14-19-15-20-10-7-13-25(26(20)16-19)27-23-11-5-3-8-21(23)17-22-9-4-6-12-24(22)27;;;/h3-13,15-18H,14H2,1-2H3;2*1H;/q-1;;;+2/p-2. The predicted octanol–water partition coefficient (Wildman–Crippen LogP) is 9.11. The summed E-state index contributed by atoms with van der Waals surface area (Å²) in [7, 11) is 9.87. The number of benzene rings is 4. The molecule has 3 heteroatoms. The quantitative estimate of drug-likeness (QED) is 0.168. The van der Waals surface area contributed by atoms with Gasteiger partial charge in [-0.05, 0) is 45.5 Å². The molecule has 0 unspecified atom stereocenters. The van der Waals surface area contributed by atoms with Crippen LogP contribution in [-0.2, 0) is 27.3 Å². The van der Waals surface area contributed by atoms with Gasteiger partial charge in [-0.2, -0.15) is 6.07 Å². The van der Waals surface area contributed by atoms with Gasteiger partial charge in [-0.15, -0.1) is 34.5 Å². The van der Waals surface area contributed by atoms with Crippen molar-refractivity contribution in [3.05, 3.63) is 90.5 Å². The fourth-order valence-electron chi connectivity index (χ4n) is 4.41. The summed E-state index contributed by atoms with van der Waals surface area (Å²) >= 11 is -0.826. The molecule has 5 rings (SSSR count). The SMILES string of the molecule is CC(C)Cc1cc2c(-c3c4ccccc4cc4ccccc34)cccc2[cH-]1.[Cl][Zr][Cl]. The first-order valence-corrected chi connectivity index (χ1v) is 16.5. The fourth-order valence-corrected chi connectivity index (χ4v) is 4.41. The minimum atomic E-state index is -0.826. The average Bonchev–Trinajstić information content (AvgIpc) is 3.14. The maximum atomic E-state index is 4.93. The van der Waals surface area contributed by atoms with Gasteiger partial charge in [0.1, 0.15) is 0 Å². The molecule has 0 spiro atoms. The molecule has 0 aliphatic carbocycles. The van der Waals surface area contributed by atoms with E-state index >= 15 is 0 Å². The van der Waals surface area contributed by atoms with Crippen LogP contribution in [0.2, 0.25) is 0 Å². The second-order valence-electron chi connectivity index (χ2n) is 8.04. The van der Waals surface area contributed by atoms with Crippen LogP contribution in [-0.4, -0.2) is 0 Å². The first kappa shape index (κ1) is 21.7. The molecule has 0 N–H and O–H groups in total. The Morgan fingerprint density at radius 2 is 1.37 bits per heavy atom. The average molecular weight is 510 g/mol. The van der Waals surface area contributed by atoms with Gasteiger partial charge in [0.05, 0.1) is 0 Å². The van der Waals surface area contributed by atoms with Crippen molar-refractivity contribution >= 4 is 49.3 Å². The summed E-state index contributed by atoms with van der Waals surface area (Å²) in [6.45, 7) is 4.58.